The number of nitrogens with zero attached hydrogens (tertiary/aromatic N) is 8. The fourth-order valence-corrected chi connectivity index (χ4v) is 6.93. The Bertz CT molecular complexity index is 1900. The van der Waals surface area contributed by atoms with Gasteiger partial charge in [0.25, 0.3) is 0 Å². The molecule has 0 unspecified atom stereocenters. The highest BCUT2D eigenvalue weighted by Gasteiger charge is 2.42. The number of hydrogen-bond acceptors (Lipinski definition) is 10. The van der Waals surface area contributed by atoms with Crippen LogP contribution in [0.2, 0.25) is 0 Å². The minimum atomic E-state index is -0.125. The molecule has 1 aromatic carbocycles. The fourth-order valence-electron chi connectivity index (χ4n) is 6.93. The Morgan fingerprint density at radius 1 is 0.478 bits per heavy atom. The second kappa shape index (κ2) is 10.1. The third-order valence-corrected chi connectivity index (χ3v) is 10.3. The predicted octanol–water partition coefficient (Wildman–Crippen LogP) is 7.20. The molecule has 7 rings (SSSR count). The van der Waals surface area contributed by atoms with Gasteiger partial charge in [-0.25, -0.2) is 19.9 Å². The van der Waals surface area contributed by atoms with Crippen molar-refractivity contribution in [2.75, 3.05) is 14.2 Å². The lowest BCUT2D eigenvalue weighted by Gasteiger charge is -2.39. The lowest BCUT2D eigenvalue weighted by atomic mass is 9.67. The van der Waals surface area contributed by atoms with Crippen LogP contribution in [0.1, 0.15) is 104 Å². The summed E-state index contributed by atoms with van der Waals surface area (Å²) in [4.78, 5) is 20.4. The van der Waals surface area contributed by atoms with Gasteiger partial charge in [-0.05, 0) is 37.8 Å². The Balaban J connectivity index is 1.45. The molecule has 5 aromatic rings. The van der Waals surface area contributed by atoms with Crippen molar-refractivity contribution < 1.29 is 9.47 Å². The quantitative estimate of drug-likeness (QED) is 0.191. The Morgan fingerprint density at radius 2 is 0.826 bits per heavy atom. The summed E-state index contributed by atoms with van der Waals surface area (Å²) in [6.07, 6.45) is 4.10. The molecule has 0 spiro atoms. The molecule has 0 aliphatic heterocycles. The van der Waals surface area contributed by atoms with Gasteiger partial charge < -0.3 is 9.47 Å². The first kappa shape index (κ1) is 30.3. The summed E-state index contributed by atoms with van der Waals surface area (Å²) in [5, 5.41) is 20.3. The van der Waals surface area contributed by atoms with Crippen molar-refractivity contribution in [2.24, 2.45) is 0 Å². The van der Waals surface area contributed by atoms with E-state index in [1.165, 1.54) is 0 Å². The molecule has 0 N–H and O–H groups in total. The van der Waals surface area contributed by atoms with E-state index in [0.717, 1.165) is 59.2 Å². The lowest BCUT2D eigenvalue weighted by molar-refractivity contribution is 0.311. The highest BCUT2D eigenvalue weighted by atomic mass is 16.5. The molecule has 4 aromatic heterocycles. The van der Waals surface area contributed by atoms with Crippen LogP contribution in [0.4, 0.5) is 0 Å². The van der Waals surface area contributed by atoms with E-state index >= 15 is 0 Å². The molecule has 10 nitrogen and oxygen atoms in total. The summed E-state index contributed by atoms with van der Waals surface area (Å²) in [7, 11) is 3.31. The molecule has 0 bridgehead atoms. The Labute approximate surface area is 269 Å². The highest BCUT2D eigenvalue weighted by Crippen LogP contribution is 2.46. The monoisotopic (exact) mass is 618 g/mol. The van der Waals surface area contributed by atoms with Crippen molar-refractivity contribution in [1.82, 2.24) is 40.3 Å². The first-order chi connectivity index (χ1) is 21.6. The van der Waals surface area contributed by atoms with Gasteiger partial charge in [0.05, 0.1) is 37.0 Å². The van der Waals surface area contributed by atoms with E-state index < -0.39 is 0 Å². The summed E-state index contributed by atoms with van der Waals surface area (Å²) in [6, 6.07) is 7.71. The van der Waals surface area contributed by atoms with E-state index in [1.54, 1.807) is 14.2 Å². The van der Waals surface area contributed by atoms with E-state index in [4.69, 9.17) is 39.6 Å². The molecule has 46 heavy (non-hydrogen) atoms. The van der Waals surface area contributed by atoms with Crippen molar-refractivity contribution in [1.29, 1.82) is 0 Å². The molecule has 10 heteroatoms. The topological polar surface area (TPSA) is 122 Å². The van der Waals surface area contributed by atoms with Gasteiger partial charge >= 0.3 is 0 Å². The van der Waals surface area contributed by atoms with Gasteiger partial charge in [0.15, 0.2) is 0 Å². The number of methoxy groups -OCH3 is 2. The average molecular weight is 619 g/mol. The predicted molar refractivity (Wildman–Crippen MR) is 178 cm³/mol. The maximum Gasteiger partial charge on any atom is 0.200 e. The van der Waals surface area contributed by atoms with Gasteiger partial charge in [-0.15, -0.1) is 10.2 Å². The molecule has 0 radical (unpaired) electrons. The van der Waals surface area contributed by atoms with Gasteiger partial charge in [-0.3, -0.25) is 0 Å². The number of ether oxygens (including phenoxy) is 2. The summed E-state index contributed by atoms with van der Waals surface area (Å²) in [5.41, 5.74) is 5.81. The summed E-state index contributed by atoms with van der Waals surface area (Å²) in [6.45, 7) is 17.7. The fraction of sp³-hybridized carbons (Fsp3) is 0.500. The van der Waals surface area contributed by atoms with Crippen LogP contribution in [0, 0.1) is 0 Å². The molecule has 0 fully saturated rings. The Hall–Kier alpha value is -4.34. The average Bonchev–Trinajstić information content (AvgIpc) is 3.04. The van der Waals surface area contributed by atoms with E-state index in [1.807, 2.05) is 24.3 Å². The van der Waals surface area contributed by atoms with Crippen molar-refractivity contribution in [2.45, 2.75) is 103 Å². The molecule has 0 atom stereocenters. The Kier molecular flexibility index (Phi) is 6.64. The molecule has 0 saturated carbocycles. The number of rotatable bonds is 4. The third-order valence-electron chi connectivity index (χ3n) is 10.3. The first-order valence-corrected chi connectivity index (χ1v) is 16.0. The standard InChI is InChI=1S/C36H42N8O2/c1-33(2)13-15-35(5,6)29-27(33)39-31(43-41-29)21-17-23(45-9)19-11-12-20-24(46-10)18-22(38-26(20)25(19)37-21)32-40-28-30(42-44-32)36(7,8)16-14-34(28,3)4/h11-12,17-18H,13-16H2,1-10H3. The maximum atomic E-state index is 5.89. The van der Waals surface area contributed by atoms with Crippen molar-refractivity contribution in [3.63, 3.8) is 0 Å². The van der Waals surface area contributed by atoms with E-state index in [-0.39, 0.29) is 21.7 Å². The molecular formula is C36H42N8O2. The van der Waals surface area contributed by atoms with Crippen LogP contribution >= 0.6 is 0 Å². The van der Waals surface area contributed by atoms with E-state index in [2.05, 4.69) is 65.6 Å². The van der Waals surface area contributed by atoms with Crippen LogP contribution in [0.3, 0.4) is 0 Å². The molecule has 238 valence electrons. The molecular weight excluding hydrogens is 576 g/mol. The van der Waals surface area contributed by atoms with Crippen LogP contribution in [0.15, 0.2) is 24.3 Å². The SMILES string of the molecule is COc1cc(-c2nnc3c(n2)C(C)(C)CCC3(C)C)nc2c1ccc1c(OC)cc(-c3nnc4c(n3)C(C)(C)CCC4(C)C)nc12. The molecule has 2 aliphatic carbocycles. The molecule has 4 heterocycles. The summed E-state index contributed by atoms with van der Waals surface area (Å²) >= 11 is 0. The largest absolute Gasteiger partial charge is 0.496 e. The lowest BCUT2D eigenvalue weighted by Crippen LogP contribution is -2.36. The number of aromatic nitrogens is 8. The second-order valence-corrected chi connectivity index (χ2v) is 15.5. The normalized spacial score (nSPS) is 19.0. The second-order valence-electron chi connectivity index (χ2n) is 15.5. The smallest absolute Gasteiger partial charge is 0.200 e. The molecule has 0 amide bonds. The number of fused-ring (bicyclic) bond motifs is 5. The van der Waals surface area contributed by atoms with Gasteiger partial charge in [-0.2, -0.15) is 10.2 Å². The zero-order valence-corrected chi connectivity index (χ0v) is 28.5. The third kappa shape index (κ3) is 4.67. The number of pyridine rings is 2. The van der Waals surface area contributed by atoms with Gasteiger partial charge in [-0.1, -0.05) is 55.4 Å². The van der Waals surface area contributed by atoms with Crippen molar-refractivity contribution >= 4 is 21.8 Å². The van der Waals surface area contributed by atoms with Crippen LogP contribution in [-0.4, -0.2) is 54.6 Å². The first-order valence-electron chi connectivity index (χ1n) is 16.0. The number of hydrogen-bond donors (Lipinski definition) is 0. The van der Waals surface area contributed by atoms with Crippen molar-refractivity contribution in [3.8, 4) is 34.5 Å². The highest BCUT2D eigenvalue weighted by molar-refractivity contribution is 6.08. The Morgan fingerprint density at radius 3 is 1.17 bits per heavy atom. The van der Waals surface area contributed by atoms with E-state index in [0.29, 0.717) is 45.6 Å². The van der Waals surface area contributed by atoms with Crippen molar-refractivity contribution in [3.05, 3.63) is 47.0 Å². The zero-order valence-electron chi connectivity index (χ0n) is 28.5. The zero-order chi connectivity index (χ0) is 32.8. The van der Waals surface area contributed by atoms with Crippen LogP contribution in [0.5, 0.6) is 11.5 Å². The minimum absolute atomic E-state index is 0.0937. The number of benzene rings is 1. The molecule has 0 saturated heterocycles. The minimum Gasteiger partial charge on any atom is -0.496 e. The summed E-state index contributed by atoms with van der Waals surface area (Å²) < 4.78 is 11.8. The van der Waals surface area contributed by atoms with Crippen LogP contribution in [0.25, 0.3) is 44.8 Å². The maximum absolute atomic E-state index is 5.89. The van der Waals surface area contributed by atoms with Gasteiger partial charge in [0.2, 0.25) is 11.6 Å². The molecule has 2 aliphatic rings. The van der Waals surface area contributed by atoms with E-state index in [9.17, 15) is 0 Å². The van der Waals surface area contributed by atoms with Gasteiger partial charge in [0.1, 0.15) is 33.9 Å². The summed E-state index contributed by atoms with van der Waals surface area (Å²) in [5.74, 6) is 2.20. The van der Waals surface area contributed by atoms with Gasteiger partial charge in [0, 0.05) is 44.6 Å². The van der Waals surface area contributed by atoms with Crippen LogP contribution in [-0.2, 0) is 21.7 Å². The van der Waals surface area contributed by atoms with Crippen LogP contribution < -0.4 is 9.47 Å².